The topological polar surface area (TPSA) is 49.6 Å². The maximum absolute atomic E-state index is 12.5. The molecule has 1 amide bonds. The predicted octanol–water partition coefficient (Wildman–Crippen LogP) is 4.77. The third-order valence-corrected chi connectivity index (χ3v) is 5.34. The van der Waals surface area contributed by atoms with Crippen LogP contribution in [-0.2, 0) is 19.6 Å². The number of nitrogens with zero attached hydrogens (tertiary/aromatic N) is 3. The zero-order valence-electron chi connectivity index (χ0n) is 16.3. The summed E-state index contributed by atoms with van der Waals surface area (Å²) in [5, 5.41) is 0.723. The Balaban J connectivity index is 1.48. The molecule has 1 aliphatic rings. The molecule has 150 valence electrons. The van der Waals surface area contributed by atoms with Gasteiger partial charge in [-0.1, -0.05) is 54.1 Å². The number of carbonyl (C=O) groups excluding carboxylic acids is 1. The van der Waals surface area contributed by atoms with Crippen LogP contribution in [0.15, 0.2) is 65.3 Å². The summed E-state index contributed by atoms with van der Waals surface area (Å²) < 4.78 is 5.65. The summed E-state index contributed by atoms with van der Waals surface area (Å²) in [5.74, 6) is 0.516. The maximum atomic E-state index is 12.5. The maximum Gasteiger partial charge on any atom is 0.275 e. The van der Waals surface area contributed by atoms with Gasteiger partial charge < -0.3 is 9.32 Å². The van der Waals surface area contributed by atoms with E-state index in [2.05, 4.69) is 22.0 Å². The van der Waals surface area contributed by atoms with Crippen LogP contribution in [0.5, 0.6) is 0 Å². The second-order valence-corrected chi connectivity index (χ2v) is 7.82. The Morgan fingerprint density at radius 3 is 2.31 bits per heavy atom. The zero-order valence-corrected chi connectivity index (χ0v) is 17.0. The van der Waals surface area contributed by atoms with E-state index >= 15 is 0 Å². The molecule has 0 unspecified atom stereocenters. The van der Waals surface area contributed by atoms with Crippen LogP contribution in [0.4, 0.5) is 0 Å². The van der Waals surface area contributed by atoms with Crippen molar-refractivity contribution in [2.75, 3.05) is 13.1 Å². The molecule has 0 saturated carbocycles. The van der Waals surface area contributed by atoms with Gasteiger partial charge in [-0.15, -0.1) is 0 Å². The van der Waals surface area contributed by atoms with E-state index in [1.165, 1.54) is 11.8 Å². The fourth-order valence-corrected chi connectivity index (χ4v) is 3.74. The molecule has 2 heterocycles. The Hall–Kier alpha value is -2.63. The van der Waals surface area contributed by atoms with Crippen LogP contribution in [-0.4, -0.2) is 33.8 Å². The van der Waals surface area contributed by atoms with Gasteiger partial charge in [0.1, 0.15) is 6.26 Å². The zero-order chi connectivity index (χ0) is 20.1. The number of rotatable bonds is 7. The highest BCUT2D eigenvalue weighted by Gasteiger charge is 2.23. The van der Waals surface area contributed by atoms with Gasteiger partial charge in [0.25, 0.3) is 5.91 Å². The van der Waals surface area contributed by atoms with Gasteiger partial charge in [0.15, 0.2) is 5.69 Å². The van der Waals surface area contributed by atoms with Crippen molar-refractivity contribution in [3.63, 3.8) is 0 Å². The van der Waals surface area contributed by atoms with Crippen LogP contribution in [0, 0.1) is 0 Å². The first-order valence-corrected chi connectivity index (χ1v) is 10.3. The number of benzene rings is 2. The molecule has 0 spiro atoms. The van der Waals surface area contributed by atoms with E-state index in [1.807, 2.05) is 47.4 Å². The number of amides is 1. The van der Waals surface area contributed by atoms with E-state index in [4.69, 9.17) is 16.0 Å². The fourth-order valence-electron chi connectivity index (χ4n) is 3.61. The van der Waals surface area contributed by atoms with Gasteiger partial charge in [-0.05, 0) is 36.1 Å². The number of carbonyl (C=O) groups is 1. The van der Waals surface area contributed by atoms with Crippen molar-refractivity contribution in [2.24, 2.45) is 0 Å². The van der Waals surface area contributed by atoms with Crippen molar-refractivity contribution in [1.29, 1.82) is 0 Å². The lowest BCUT2D eigenvalue weighted by Crippen LogP contribution is -2.28. The molecule has 29 heavy (non-hydrogen) atoms. The number of hydrogen-bond donors (Lipinski definition) is 0. The average Bonchev–Trinajstić information content (AvgIpc) is 3.42. The van der Waals surface area contributed by atoms with Gasteiger partial charge in [-0.3, -0.25) is 9.69 Å². The second kappa shape index (κ2) is 9.25. The fraction of sp³-hybridized carbons (Fsp3) is 0.304. The van der Waals surface area contributed by atoms with Gasteiger partial charge in [0, 0.05) is 31.2 Å². The van der Waals surface area contributed by atoms with Crippen molar-refractivity contribution in [3.8, 4) is 0 Å². The highest BCUT2D eigenvalue weighted by Crippen LogP contribution is 2.17. The summed E-state index contributed by atoms with van der Waals surface area (Å²) in [6, 6.07) is 18.1. The van der Waals surface area contributed by atoms with Gasteiger partial charge in [-0.25, -0.2) is 4.98 Å². The smallest absolute Gasteiger partial charge is 0.275 e. The van der Waals surface area contributed by atoms with Gasteiger partial charge in [0.05, 0.1) is 6.54 Å². The molecule has 0 radical (unpaired) electrons. The van der Waals surface area contributed by atoms with Crippen LogP contribution in [0.3, 0.4) is 0 Å². The minimum atomic E-state index is -0.0372. The van der Waals surface area contributed by atoms with Crippen molar-refractivity contribution in [3.05, 3.63) is 88.6 Å². The lowest BCUT2D eigenvalue weighted by atomic mass is 10.1. The first-order valence-electron chi connectivity index (χ1n) is 9.92. The quantitative estimate of drug-likeness (QED) is 0.564. The third kappa shape index (κ3) is 5.25. The SMILES string of the molecule is O=C(c1coc(CN(Cc2ccccc2)Cc2ccc(Cl)cc2)n1)N1CCCC1. The standard InChI is InChI=1S/C23H24ClN3O2/c24-20-10-8-19(9-11-20)15-26(14-18-6-2-1-3-7-18)16-22-25-21(17-29-22)23(28)27-12-4-5-13-27/h1-3,6-11,17H,4-5,12-16H2. The normalized spacial score (nSPS) is 13.9. The average molecular weight is 410 g/mol. The van der Waals surface area contributed by atoms with E-state index in [0.717, 1.165) is 49.6 Å². The summed E-state index contributed by atoms with van der Waals surface area (Å²) in [7, 11) is 0. The summed E-state index contributed by atoms with van der Waals surface area (Å²) in [6.45, 7) is 3.60. The van der Waals surface area contributed by atoms with Crippen LogP contribution in [0.25, 0.3) is 0 Å². The molecule has 1 aliphatic heterocycles. The van der Waals surface area contributed by atoms with Crippen LogP contribution < -0.4 is 0 Å². The third-order valence-electron chi connectivity index (χ3n) is 5.09. The van der Waals surface area contributed by atoms with E-state index in [9.17, 15) is 4.79 Å². The Morgan fingerprint density at radius 1 is 0.966 bits per heavy atom. The lowest BCUT2D eigenvalue weighted by molar-refractivity contribution is 0.0787. The first-order chi connectivity index (χ1) is 14.2. The highest BCUT2D eigenvalue weighted by atomic mass is 35.5. The minimum absolute atomic E-state index is 0.0372. The Labute approximate surface area is 175 Å². The molecule has 1 fully saturated rings. The van der Waals surface area contributed by atoms with E-state index in [0.29, 0.717) is 18.1 Å². The molecule has 5 nitrogen and oxygen atoms in total. The predicted molar refractivity (Wildman–Crippen MR) is 112 cm³/mol. The highest BCUT2D eigenvalue weighted by molar-refractivity contribution is 6.30. The number of oxazole rings is 1. The van der Waals surface area contributed by atoms with Crippen LogP contribution in [0.2, 0.25) is 5.02 Å². The molecule has 2 aromatic carbocycles. The largest absolute Gasteiger partial charge is 0.447 e. The molecule has 0 atom stereocenters. The summed E-state index contributed by atoms with van der Waals surface area (Å²) in [6.07, 6.45) is 3.60. The molecule has 0 N–H and O–H groups in total. The molecular formula is C23H24ClN3O2. The van der Waals surface area contributed by atoms with Crippen molar-refractivity contribution in [1.82, 2.24) is 14.8 Å². The minimum Gasteiger partial charge on any atom is -0.447 e. The van der Waals surface area contributed by atoms with Crippen LogP contribution in [0.1, 0.15) is 40.3 Å². The molecule has 3 aromatic rings. The van der Waals surface area contributed by atoms with Crippen LogP contribution >= 0.6 is 11.6 Å². The Kier molecular flexibility index (Phi) is 6.27. The molecule has 4 rings (SSSR count). The van der Waals surface area contributed by atoms with E-state index < -0.39 is 0 Å². The lowest BCUT2D eigenvalue weighted by Gasteiger charge is -2.21. The van der Waals surface area contributed by atoms with Crippen molar-refractivity contribution in [2.45, 2.75) is 32.5 Å². The molecule has 6 heteroatoms. The Morgan fingerprint density at radius 2 is 1.62 bits per heavy atom. The van der Waals surface area contributed by atoms with Crippen molar-refractivity contribution < 1.29 is 9.21 Å². The molecule has 0 aliphatic carbocycles. The van der Waals surface area contributed by atoms with Gasteiger partial charge >= 0.3 is 0 Å². The number of likely N-dealkylation sites (tertiary alicyclic amines) is 1. The first kappa shape index (κ1) is 19.7. The van der Waals surface area contributed by atoms with E-state index in [1.54, 1.807) is 0 Å². The number of aromatic nitrogens is 1. The van der Waals surface area contributed by atoms with Gasteiger partial charge in [-0.2, -0.15) is 0 Å². The molecule has 0 bridgehead atoms. The molecule has 1 saturated heterocycles. The summed E-state index contributed by atoms with van der Waals surface area (Å²) >= 11 is 6.02. The summed E-state index contributed by atoms with van der Waals surface area (Å²) in [4.78, 5) is 21.1. The summed E-state index contributed by atoms with van der Waals surface area (Å²) in [5.41, 5.74) is 2.76. The monoisotopic (exact) mass is 409 g/mol. The Bertz CT molecular complexity index is 934. The molecular weight excluding hydrogens is 386 g/mol. The molecule has 1 aromatic heterocycles. The number of hydrogen-bond acceptors (Lipinski definition) is 4. The van der Waals surface area contributed by atoms with E-state index in [-0.39, 0.29) is 5.91 Å². The number of halogens is 1. The van der Waals surface area contributed by atoms with Crippen molar-refractivity contribution >= 4 is 17.5 Å². The second-order valence-electron chi connectivity index (χ2n) is 7.38. The van der Waals surface area contributed by atoms with Gasteiger partial charge in [0.2, 0.25) is 5.89 Å².